The Hall–Kier alpha value is -2.47. The van der Waals surface area contributed by atoms with Gasteiger partial charge in [-0.15, -0.1) is 0 Å². The van der Waals surface area contributed by atoms with Crippen LogP contribution in [0.2, 0.25) is 0 Å². The number of aromatic carboxylic acids is 1. The molecule has 6 heteroatoms. The summed E-state index contributed by atoms with van der Waals surface area (Å²) >= 11 is 0. The molecule has 0 radical (unpaired) electrons. The Labute approximate surface area is 122 Å². The molecule has 0 amide bonds. The summed E-state index contributed by atoms with van der Waals surface area (Å²) in [6.45, 7) is 1.72. The first kappa shape index (κ1) is 14.9. The molecule has 0 aliphatic carbocycles. The van der Waals surface area contributed by atoms with Gasteiger partial charge in [0.05, 0.1) is 12.3 Å². The molecule has 0 unspecified atom stereocenters. The molecule has 6 nitrogen and oxygen atoms in total. The van der Waals surface area contributed by atoms with Crippen molar-refractivity contribution in [3.63, 3.8) is 0 Å². The maximum atomic E-state index is 11.0. The normalized spacial score (nSPS) is 10.3. The molecule has 0 atom stereocenters. The number of rotatable bonds is 8. The molecule has 0 aliphatic heterocycles. The van der Waals surface area contributed by atoms with Gasteiger partial charge >= 0.3 is 5.97 Å². The number of carbonyl (C=O) groups is 1. The van der Waals surface area contributed by atoms with Gasteiger partial charge in [-0.3, -0.25) is 0 Å². The Balaban J connectivity index is 1.67. The van der Waals surface area contributed by atoms with Crippen molar-refractivity contribution in [3.8, 4) is 5.75 Å². The topological polar surface area (TPSA) is 84.3 Å². The molecular weight excluding hydrogens is 270 g/mol. The number of nitrogens with one attached hydrogen (secondary N) is 1. The van der Waals surface area contributed by atoms with Crippen molar-refractivity contribution in [1.82, 2.24) is 15.3 Å². The second kappa shape index (κ2) is 7.96. The van der Waals surface area contributed by atoms with Crippen molar-refractivity contribution in [3.05, 3.63) is 54.1 Å². The summed E-state index contributed by atoms with van der Waals surface area (Å²) in [6, 6.07) is 9.61. The van der Waals surface area contributed by atoms with E-state index in [1.54, 1.807) is 0 Å². The highest BCUT2D eigenvalue weighted by atomic mass is 16.5. The SMILES string of the molecule is O=C(O)c1cncnc1CNCCCOc1ccccc1. The molecular formula is C15H17N3O3. The quantitative estimate of drug-likeness (QED) is 0.719. The highest BCUT2D eigenvalue weighted by Gasteiger charge is 2.10. The summed E-state index contributed by atoms with van der Waals surface area (Å²) in [5, 5.41) is 12.2. The Kier molecular flexibility index (Phi) is 5.66. The van der Waals surface area contributed by atoms with Gasteiger partial charge < -0.3 is 15.2 Å². The first-order chi connectivity index (χ1) is 10.3. The van der Waals surface area contributed by atoms with Crippen LogP contribution < -0.4 is 10.1 Å². The molecule has 110 valence electrons. The fraction of sp³-hybridized carbons (Fsp3) is 0.267. The van der Waals surface area contributed by atoms with Crippen LogP contribution in [-0.4, -0.2) is 34.2 Å². The third kappa shape index (κ3) is 4.85. The van der Waals surface area contributed by atoms with Crippen molar-refractivity contribution < 1.29 is 14.6 Å². The minimum Gasteiger partial charge on any atom is -0.494 e. The third-order valence-corrected chi connectivity index (χ3v) is 2.83. The first-order valence-corrected chi connectivity index (χ1v) is 6.68. The molecule has 0 saturated heterocycles. The van der Waals surface area contributed by atoms with Gasteiger partial charge in [-0.2, -0.15) is 0 Å². The third-order valence-electron chi connectivity index (χ3n) is 2.83. The van der Waals surface area contributed by atoms with E-state index in [0.717, 1.165) is 18.7 Å². The molecule has 1 aromatic carbocycles. The molecule has 2 N–H and O–H groups in total. The lowest BCUT2D eigenvalue weighted by Gasteiger charge is -2.08. The van der Waals surface area contributed by atoms with Gasteiger partial charge in [-0.05, 0) is 25.1 Å². The lowest BCUT2D eigenvalue weighted by Crippen LogP contribution is -2.20. The van der Waals surface area contributed by atoms with Crippen molar-refractivity contribution in [2.75, 3.05) is 13.2 Å². The van der Waals surface area contributed by atoms with Crippen LogP contribution in [-0.2, 0) is 6.54 Å². The molecule has 2 rings (SSSR count). The molecule has 0 saturated carbocycles. The minimum absolute atomic E-state index is 0.130. The summed E-state index contributed by atoms with van der Waals surface area (Å²) in [4.78, 5) is 18.7. The number of hydrogen-bond donors (Lipinski definition) is 2. The summed E-state index contributed by atoms with van der Waals surface area (Å²) in [5.74, 6) is -0.165. The van der Waals surface area contributed by atoms with E-state index in [9.17, 15) is 4.79 Å². The zero-order valence-electron chi connectivity index (χ0n) is 11.5. The van der Waals surface area contributed by atoms with Gasteiger partial charge in [0.15, 0.2) is 0 Å². The first-order valence-electron chi connectivity index (χ1n) is 6.68. The Morgan fingerprint density at radius 3 is 2.86 bits per heavy atom. The summed E-state index contributed by atoms with van der Waals surface area (Å²) in [6.07, 6.45) is 3.48. The molecule has 2 aromatic rings. The van der Waals surface area contributed by atoms with Crippen molar-refractivity contribution in [1.29, 1.82) is 0 Å². The lowest BCUT2D eigenvalue weighted by atomic mass is 10.2. The van der Waals surface area contributed by atoms with E-state index in [2.05, 4.69) is 15.3 Å². The fourth-order valence-corrected chi connectivity index (χ4v) is 1.79. The number of nitrogens with zero attached hydrogens (tertiary/aromatic N) is 2. The molecule has 0 aliphatic rings. The van der Waals surface area contributed by atoms with Crippen molar-refractivity contribution in [2.45, 2.75) is 13.0 Å². The maximum absolute atomic E-state index is 11.0. The van der Waals surface area contributed by atoms with Crippen LogP contribution in [0.25, 0.3) is 0 Å². The van der Waals surface area contributed by atoms with E-state index < -0.39 is 5.97 Å². The van der Waals surface area contributed by atoms with E-state index >= 15 is 0 Å². The zero-order chi connectivity index (χ0) is 14.9. The number of carboxylic acid groups (broad SMARTS) is 1. The molecule has 1 aromatic heterocycles. The van der Waals surface area contributed by atoms with Gasteiger partial charge in [0.2, 0.25) is 0 Å². The molecule has 0 bridgehead atoms. The highest BCUT2D eigenvalue weighted by molar-refractivity contribution is 5.88. The zero-order valence-corrected chi connectivity index (χ0v) is 11.5. The van der Waals surface area contributed by atoms with Gasteiger partial charge in [-0.1, -0.05) is 18.2 Å². The fourth-order valence-electron chi connectivity index (χ4n) is 1.79. The van der Waals surface area contributed by atoms with Crippen LogP contribution in [0.1, 0.15) is 22.5 Å². The van der Waals surface area contributed by atoms with E-state index in [1.165, 1.54) is 12.5 Å². The van der Waals surface area contributed by atoms with Gasteiger partial charge in [-0.25, -0.2) is 14.8 Å². The smallest absolute Gasteiger partial charge is 0.339 e. The van der Waals surface area contributed by atoms with Gasteiger partial charge in [0.25, 0.3) is 0 Å². The summed E-state index contributed by atoms with van der Waals surface area (Å²) in [5.41, 5.74) is 0.618. The predicted molar refractivity (Wildman–Crippen MR) is 77.3 cm³/mol. The van der Waals surface area contributed by atoms with E-state index in [1.807, 2.05) is 30.3 Å². The average Bonchev–Trinajstić information content (AvgIpc) is 2.52. The standard InChI is InChI=1S/C15H17N3O3/c19-15(20)13-9-17-11-18-14(13)10-16-7-4-8-21-12-5-2-1-3-6-12/h1-3,5-6,9,11,16H,4,7-8,10H2,(H,19,20). The van der Waals surface area contributed by atoms with Crippen LogP contribution in [0.3, 0.4) is 0 Å². The van der Waals surface area contributed by atoms with Crippen LogP contribution in [0.4, 0.5) is 0 Å². The summed E-state index contributed by atoms with van der Waals surface area (Å²) in [7, 11) is 0. The number of ether oxygens (including phenoxy) is 1. The highest BCUT2D eigenvalue weighted by Crippen LogP contribution is 2.08. The van der Waals surface area contributed by atoms with E-state index in [0.29, 0.717) is 18.8 Å². The predicted octanol–water partition coefficient (Wildman–Crippen LogP) is 1.73. The van der Waals surface area contributed by atoms with Crippen LogP contribution in [0.15, 0.2) is 42.9 Å². The second-order valence-electron chi connectivity index (χ2n) is 4.38. The molecule has 21 heavy (non-hydrogen) atoms. The lowest BCUT2D eigenvalue weighted by molar-refractivity contribution is 0.0694. The van der Waals surface area contributed by atoms with Crippen molar-refractivity contribution >= 4 is 5.97 Å². The van der Waals surface area contributed by atoms with Gasteiger partial charge in [0, 0.05) is 12.7 Å². The summed E-state index contributed by atoms with van der Waals surface area (Å²) < 4.78 is 5.56. The number of hydrogen-bond acceptors (Lipinski definition) is 5. The molecule has 0 spiro atoms. The molecule has 1 heterocycles. The monoisotopic (exact) mass is 287 g/mol. The van der Waals surface area contributed by atoms with Crippen molar-refractivity contribution in [2.24, 2.45) is 0 Å². The Morgan fingerprint density at radius 1 is 1.29 bits per heavy atom. The average molecular weight is 287 g/mol. The number of benzene rings is 1. The number of aromatic nitrogens is 2. The van der Waals surface area contributed by atoms with Gasteiger partial charge in [0.1, 0.15) is 17.6 Å². The van der Waals surface area contributed by atoms with E-state index in [-0.39, 0.29) is 5.56 Å². The van der Waals surface area contributed by atoms with E-state index in [4.69, 9.17) is 9.84 Å². The van der Waals surface area contributed by atoms with Crippen LogP contribution in [0, 0.1) is 0 Å². The number of carboxylic acids is 1. The Morgan fingerprint density at radius 2 is 2.10 bits per heavy atom. The van der Waals surface area contributed by atoms with Crippen LogP contribution >= 0.6 is 0 Å². The number of para-hydroxylation sites is 1. The van der Waals surface area contributed by atoms with Crippen LogP contribution in [0.5, 0.6) is 5.75 Å². The second-order valence-corrected chi connectivity index (χ2v) is 4.38. The maximum Gasteiger partial charge on any atom is 0.339 e. The minimum atomic E-state index is -1.01. The Bertz CT molecular complexity index is 575. The largest absolute Gasteiger partial charge is 0.494 e. The molecule has 0 fully saturated rings.